The zero-order valence-electron chi connectivity index (χ0n) is 10.7. The number of aryl methyl sites for hydroxylation is 2. The van der Waals surface area contributed by atoms with Crippen LogP contribution in [0.25, 0.3) is 0 Å². The van der Waals surface area contributed by atoms with Crippen LogP contribution in [-0.2, 0) is 7.05 Å². The van der Waals surface area contributed by atoms with E-state index < -0.39 is 0 Å². The highest BCUT2D eigenvalue weighted by molar-refractivity contribution is 7.99. The lowest BCUT2D eigenvalue weighted by atomic mass is 10.0. The minimum atomic E-state index is -0.0349. The zero-order valence-corrected chi connectivity index (χ0v) is 11.6. The van der Waals surface area contributed by atoms with Crippen LogP contribution < -0.4 is 5.73 Å². The van der Waals surface area contributed by atoms with Crippen molar-refractivity contribution in [3.8, 4) is 0 Å². The molecule has 2 unspecified atom stereocenters. The summed E-state index contributed by atoms with van der Waals surface area (Å²) in [7, 11) is 1.83. The Labute approximate surface area is 111 Å². The van der Waals surface area contributed by atoms with Crippen molar-refractivity contribution in [2.24, 2.45) is 12.8 Å². The predicted octanol–water partition coefficient (Wildman–Crippen LogP) is 1.70. The highest BCUT2D eigenvalue weighted by Gasteiger charge is 2.18. The van der Waals surface area contributed by atoms with Gasteiger partial charge in [-0.05, 0) is 22.9 Å². The summed E-state index contributed by atoms with van der Waals surface area (Å²) in [6, 6.07) is 8.28. The minimum absolute atomic E-state index is 0.0349. The van der Waals surface area contributed by atoms with Crippen LogP contribution in [0.5, 0.6) is 0 Å². The number of nitrogens with zero attached hydrogens (tertiary/aromatic N) is 4. The molecule has 0 amide bonds. The number of thioether (sulfide) groups is 1. The Balaban J connectivity index is 2.07. The molecule has 0 spiro atoms. The molecule has 0 radical (unpaired) electrons. The smallest absolute Gasteiger partial charge is 0.209 e. The molecule has 2 rings (SSSR count). The van der Waals surface area contributed by atoms with Crippen LogP contribution in [0.2, 0.25) is 0 Å². The van der Waals surface area contributed by atoms with Crippen LogP contribution in [0.15, 0.2) is 29.4 Å². The van der Waals surface area contributed by atoms with Crippen LogP contribution in [0.4, 0.5) is 0 Å². The van der Waals surface area contributed by atoms with Gasteiger partial charge in [0.15, 0.2) is 0 Å². The second-order valence-electron chi connectivity index (χ2n) is 4.34. The molecule has 0 aliphatic heterocycles. The minimum Gasteiger partial charge on any atom is -0.323 e. The highest BCUT2D eigenvalue weighted by atomic mass is 32.2. The number of rotatable bonds is 4. The number of nitrogens with two attached hydrogens (primary N) is 1. The first kappa shape index (κ1) is 13.0. The Hall–Kier alpha value is -1.40. The molecular weight excluding hydrogens is 246 g/mol. The van der Waals surface area contributed by atoms with Crippen molar-refractivity contribution in [3.63, 3.8) is 0 Å². The first-order chi connectivity index (χ1) is 8.58. The van der Waals surface area contributed by atoms with Gasteiger partial charge in [-0.15, -0.1) is 5.10 Å². The molecule has 0 bridgehead atoms. The van der Waals surface area contributed by atoms with Gasteiger partial charge in [0, 0.05) is 18.3 Å². The van der Waals surface area contributed by atoms with E-state index in [9.17, 15) is 0 Å². The average molecular weight is 263 g/mol. The molecule has 1 aromatic heterocycles. The lowest BCUT2D eigenvalue weighted by Gasteiger charge is -2.19. The lowest BCUT2D eigenvalue weighted by Crippen LogP contribution is -2.21. The number of hydrogen-bond acceptors (Lipinski definition) is 5. The highest BCUT2D eigenvalue weighted by Crippen LogP contribution is 2.28. The molecular formula is C12H17N5S. The molecule has 18 heavy (non-hydrogen) atoms. The Morgan fingerprint density at radius 1 is 1.28 bits per heavy atom. The summed E-state index contributed by atoms with van der Waals surface area (Å²) in [4.78, 5) is 0. The van der Waals surface area contributed by atoms with Crippen LogP contribution in [0.1, 0.15) is 24.1 Å². The van der Waals surface area contributed by atoms with Crippen molar-refractivity contribution in [1.29, 1.82) is 0 Å². The topological polar surface area (TPSA) is 69.6 Å². The third-order valence-corrected chi connectivity index (χ3v) is 4.06. The maximum Gasteiger partial charge on any atom is 0.209 e. The van der Waals surface area contributed by atoms with E-state index in [-0.39, 0.29) is 11.3 Å². The van der Waals surface area contributed by atoms with Gasteiger partial charge in [-0.1, -0.05) is 48.5 Å². The van der Waals surface area contributed by atoms with Gasteiger partial charge in [-0.25, -0.2) is 4.68 Å². The second kappa shape index (κ2) is 5.49. The maximum absolute atomic E-state index is 6.26. The van der Waals surface area contributed by atoms with E-state index >= 15 is 0 Å². The van der Waals surface area contributed by atoms with Gasteiger partial charge in [-0.3, -0.25) is 0 Å². The molecule has 0 saturated heterocycles. The third kappa shape index (κ3) is 2.88. The zero-order chi connectivity index (χ0) is 13.1. The van der Waals surface area contributed by atoms with E-state index in [1.807, 2.05) is 7.05 Å². The van der Waals surface area contributed by atoms with Gasteiger partial charge in [0.25, 0.3) is 0 Å². The fourth-order valence-electron chi connectivity index (χ4n) is 1.62. The number of benzene rings is 1. The van der Waals surface area contributed by atoms with Gasteiger partial charge in [0.1, 0.15) is 0 Å². The molecule has 5 nitrogen and oxygen atoms in total. The predicted molar refractivity (Wildman–Crippen MR) is 72.2 cm³/mol. The van der Waals surface area contributed by atoms with Crippen molar-refractivity contribution in [2.75, 3.05) is 0 Å². The third-order valence-electron chi connectivity index (χ3n) is 2.84. The molecule has 1 heterocycles. The monoisotopic (exact) mass is 263 g/mol. The van der Waals surface area contributed by atoms with Crippen molar-refractivity contribution in [3.05, 3.63) is 35.4 Å². The van der Waals surface area contributed by atoms with Crippen LogP contribution in [0, 0.1) is 6.92 Å². The molecule has 2 N–H and O–H groups in total. The van der Waals surface area contributed by atoms with Crippen molar-refractivity contribution >= 4 is 11.8 Å². The fourth-order valence-corrected chi connectivity index (χ4v) is 2.53. The number of aromatic nitrogens is 4. The van der Waals surface area contributed by atoms with Crippen molar-refractivity contribution < 1.29 is 0 Å². The number of tetrazole rings is 1. The Kier molecular flexibility index (Phi) is 3.98. The largest absolute Gasteiger partial charge is 0.323 e. The summed E-state index contributed by atoms with van der Waals surface area (Å²) in [5, 5.41) is 12.4. The molecule has 0 saturated carbocycles. The van der Waals surface area contributed by atoms with Gasteiger partial charge >= 0.3 is 0 Å². The summed E-state index contributed by atoms with van der Waals surface area (Å²) >= 11 is 1.59. The standard InChI is InChI=1S/C12H17N5S/c1-8-4-6-10(7-5-8)11(13)9(2)18-12-14-15-16-17(12)3/h4-7,9,11H,13H2,1-3H3. The first-order valence-electron chi connectivity index (χ1n) is 5.79. The van der Waals surface area contributed by atoms with Crippen molar-refractivity contribution in [2.45, 2.75) is 30.3 Å². The van der Waals surface area contributed by atoms with Gasteiger partial charge in [0.2, 0.25) is 5.16 Å². The Morgan fingerprint density at radius 2 is 1.94 bits per heavy atom. The quantitative estimate of drug-likeness (QED) is 0.850. The van der Waals surface area contributed by atoms with E-state index in [1.54, 1.807) is 16.4 Å². The van der Waals surface area contributed by atoms with E-state index in [0.717, 1.165) is 10.7 Å². The van der Waals surface area contributed by atoms with Gasteiger partial charge in [0.05, 0.1) is 0 Å². The molecule has 1 aromatic carbocycles. The normalized spacial score (nSPS) is 14.4. The van der Waals surface area contributed by atoms with Crippen LogP contribution >= 0.6 is 11.8 Å². The van der Waals surface area contributed by atoms with E-state index in [4.69, 9.17) is 5.73 Å². The maximum atomic E-state index is 6.26. The Morgan fingerprint density at radius 3 is 2.50 bits per heavy atom. The number of hydrogen-bond donors (Lipinski definition) is 1. The van der Waals surface area contributed by atoms with Crippen LogP contribution in [0.3, 0.4) is 0 Å². The molecule has 2 aromatic rings. The molecule has 0 fully saturated rings. The SMILES string of the molecule is Cc1ccc(C(N)C(C)Sc2nnnn2C)cc1. The summed E-state index contributed by atoms with van der Waals surface area (Å²) in [6.45, 7) is 4.16. The fraction of sp³-hybridized carbons (Fsp3) is 0.417. The average Bonchev–Trinajstić information content (AvgIpc) is 2.75. The van der Waals surface area contributed by atoms with Crippen molar-refractivity contribution in [1.82, 2.24) is 20.2 Å². The molecule has 6 heteroatoms. The first-order valence-corrected chi connectivity index (χ1v) is 6.67. The summed E-state index contributed by atoms with van der Waals surface area (Å²) < 4.78 is 1.66. The van der Waals surface area contributed by atoms with E-state index in [0.29, 0.717) is 0 Å². The summed E-state index contributed by atoms with van der Waals surface area (Å²) in [6.07, 6.45) is 0. The lowest BCUT2D eigenvalue weighted by molar-refractivity contribution is 0.657. The molecule has 0 aliphatic carbocycles. The van der Waals surface area contributed by atoms with Crippen LogP contribution in [-0.4, -0.2) is 25.5 Å². The molecule has 0 aliphatic rings. The summed E-state index contributed by atoms with van der Waals surface area (Å²) in [5.41, 5.74) is 8.63. The van der Waals surface area contributed by atoms with Gasteiger partial charge < -0.3 is 5.73 Å². The molecule has 2 atom stereocenters. The Bertz CT molecular complexity index is 507. The molecule has 96 valence electrons. The second-order valence-corrected chi connectivity index (χ2v) is 5.69. The summed E-state index contributed by atoms with van der Waals surface area (Å²) in [5.74, 6) is 0. The van der Waals surface area contributed by atoms with Gasteiger partial charge in [-0.2, -0.15) is 0 Å². The van der Waals surface area contributed by atoms with E-state index in [1.165, 1.54) is 5.56 Å². The van der Waals surface area contributed by atoms with E-state index in [2.05, 4.69) is 53.6 Å².